The summed E-state index contributed by atoms with van der Waals surface area (Å²) in [5.41, 5.74) is 0. The third kappa shape index (κ3) is 1.92. The van der Waals surface area contributed by atoms with Crippen LogP contribution >= 0.6 is 0 Å². The van der Waals surface area contributed by atoms with Crippen molar-refractivity contribution in [2.24, 2.45) is 17.8 Å². The number of nitrogens with one attached hydrogen (secondary N) is 2. The molecule has 4 unspecified atom stereocenters. The highest BCUT2D eigenvalue weighted by Crippen LogP contribution is 2.49. The first-order valence-electron chi connectivity index (χ1n) is 6.28. The van der Waals surface area contributed by atoms with E-state index in [1.165, 1.54) is 25.7 Å². The maximum absolute atomic E-state index is 11.8. The molecule has 0 spiro atoms. The van der Waals surface area contributed by atoms with E-state index in [1.807, 2.05) is 0 Å². The van der Waals surface area contributed by atoms with Crippen LogP contribution in [0, 0.1) is 17.8 Å². The number of amides is 1. The highest BCUT2D eigenvalue weighted by molar-refractivity contribution is 5.90. The van der Waals surface area contributed by atoms with Crippen LogP contribution in [-0.4, -0.2) is 32.6 Å². The number of hydrogen-bond acceptors (Lipinski definition) is 4. The lowest BCUT2D eigenvalue weighted by molar-refractivity contribution is 0.0905. The predicted molar refractivity (Wildman–Crippen MR) is 60.0 cm³/mol. The highest BCUT2D eigenvalue weighted by Gasteiger charge is 2.42. The number of aromatic nitrogens is 4. The lowest BCUT2D eigenvalue weighted by Gasteiger charge is -2.28. The fraction of sp³-hybridized carbons (Fsp3) is 0.818. The van der Waals surface area contributed by atoms with Gasteiger partial charge in [0, 0.05) is 6.04 Å². The topological polar surface area (TPSA) is 83.6 Å². The van der Waals surface area contributed by atoms with E-state index in [9.17, 15) is 4.79 Å². The maximum atomic E-state index is 11.8. The van der Waals surface area contributed by atoms with Gasteiger partial charge in [-0.3, -0.25) is 4.79 Å². The van der Waals surface area contributed by atoms with Crippen LogP contribution in [0.15, 0.2) is 0 Å². The molecular formula is C11H17N5O. The van der Waals surface area contributed by atoms with E-state index in [0.29, 0.717) is 5.92 Å². The van der Waals surface area contributed by atoms with Crippen LogP contribution in [0.1, 0.15) is 43.2 Å². The quantitative estimate of drug-likeness (QED) is 0.810. The molecule has 1 amide bonds. The summed E-state index contributed by atoms with van der Waals surface area (Å²) in [6, 6.07) is 0.205. The molecule has 0 saturated heterocycles. The first-order valence-corrected chi connectivity index (χ1v) is 6.28. The highest BCUT2D eigenvalue weighted by atomic mass is 16.2. The van der Waals surface area contributed by atoms with E-state index in [-0.39, 0.29) is 17.8 Å². The van der Waals surface area contributed by atoms with E-state index < -0.39 is 0 Å². The van der Waals surface area contributed by atoms with Crippen molar-refractivity contribution in [3.05, 3.63) is 5.82 Å². The molecule has 4 atom stereocenters. The minimum atomic E-state index is -0.228. The Morgan fingerprint density at radius 1 is 1.47 bits per heavy atom. The molecular weight excluding hydrogens is 218 g/mol. The van der Waals surface area contributed by atoms with Gasteiger partial charge >= 0.3 is 0 Å². The minimum Gasteiger partial charge on any atom is -0.346 e. The average Bonchev–Trinajstić information content (AvgIpc) is 3.05. The molecule has 2 saturated carbocycles. The molecule has 2 aliphatic carbocycles. The number of H-pyrrole nitrogens is 1. The van der Waals surface area contributed by atoms with Crippen molar-refractivity contribution in [1.82, 2.24) is 25.9 Å². The van der Waals surface area contributed by atoms with Crippen LogP contribution < -0.4 is 5.32 Å². The average molecular weight is 235 g/mol. The first kappa shape index (κ1) is 10.7. The number of fused-ring (bicyclic) bond motifs is 2. The van der Waals surface area contributed by atoms with Crippen molar-refractivity contribution < 1.29 is 4.79 Å². The van der Waals surface area contributed by atoms with Crippen LogP contribution in [0.2, 0.25) is 0 Å². The third-order valence-electron chi connectivity index (χ3n) is 4.34. The van der Waals surface area contributed by atoms with Crippen molar-refractivity contribution in [3.63, 3.8) is 0 Å². The van der Waals surface area contributed by atoms with Crippen LogP contribution in [0.25, 0.3) is 0 Å². The molecule has 0 aromatic carbocycles. The SMILES string of the molecule is CC(NC(=O)c1nn[nH]n1)C1CC2CCC1C2. The number of carbonyl (C=O) groups is 1. The van der Waals surface area contributed by atoms with E-state index in [4.69, 9.17) is 0 Å². The maximum Gasteiger partial charge on any atom is 0.293 e. The van der Waals surface area contributed by atoms with Crippen molar-refractivity contribution in [2.45, 2.75) is 38.6 Å². The second kappa shape index (κ2) is 4.09. The van der Waals surface area contributed by atoms with E-state index in [0.717, 1.165) is 11.8 Å². The molecule has 2 aliphatic rings. The summed E-state index contributed by atoms with van der Waals surface area (Å²) in [7, 11) is 0. The number of aromatic amines is 1. The van der Waals surface area contributed by atoms with Gasteiger partial charge in [-0.2, -0.15) is 5.21 Å². The van der Waals surface area contributed by atoms with Gasteiger partial charge in [-0.15, -0.1) is 10.2 Å². The van der Waals surface area contributed by atoms with Gasteiger partial charge in [-0.25, -0.2) is 0 Å². The molecule has 2 bridgehead atoms. The molecule has 0 radical (unpaired) electrons. The zero-order valence-electron chi connectivity index (χ0n) is 9.89. The summed E-state index contributed by atoms with van der Waals surface area (Å²) in [4.78, 5) is 11.8. The zero-order valence-corrected chi connectivity index (χ0v) is 9.89. The van der Waals surface area contributed by atoms with Crippen molar-refractivity contribution in [3.8, 4) is 0 Å². The molecule has 6 nitrogen and oxygen atoms in total. The van der Waals surface area contributed by atoms with Crippen molar-refractivity contribution in [1.29, 1.82) is 0 Å². The Morgan fingerprint density at radius 3 is 2.94 bits per heavy atom. The van der Waals surface area contributed by atoms with Gasteiger partial charge in [0.15, 0.2) is 0 Å². The summed E-state index contributed by atoms with van der Waals surface area (Å²) in [6.07, 6.45) is 5.33. The van der Waals surface area contributed by atoms with Gasteiger partial charge in [0.25, 0.3) is 11.7 Å². The van der Waals surface area contributed by atoms with Crippen LogP contribution in [0.3, 0.4) is 0 Å². The monoisotopic (exact) mass is 235 g/mol. The Kier molecular flexibility index (Phi) is 2.57. The summed E-state index contributed by atoms with van der Waals surface area (Å²) >= 11 is 0. The summed E-state index contributed by atoms with van der Waals surface area (Å²) in [6.45, 7) is 2.09. The number of nitrogens with zero attached hydrogens (tertiary/aromatic N) is 3. The summed E-state index contributed by atoms with van der Waals surface area (Å²) in [5.74, 6) is 2.23. The number of carbonyl (C=O) groups excluding carboxylic acids is 1. The van der Waals surface area contributed by atoms with E-state index in [2.05, 4.69) is 32.9 Å². The van der Waals surface area contributed by atoms with Crippen LogP contribution in [0.4, 0.5) is 0 Å². The minimum absolute atomic E-state index is 0.125. The lowest BCUT2D eigenvalue weighted by Crippen LogP contribution is -2.40. The smallest absolute Gasteiger partial charge is 0.293 e. The normalized spacial score (nSPS) is 32.6. The van der Waals surface area contributed by atoms with Gasteiger partial charge in [-0.05, 0) is 49.2 Å². The molecule has 6 heteroatoms. The Hall–Kier alpha value is -1.46. The predicted octanol–water partition coefficient (Wildman–Crippen LogP) is 0.754. The Labute approximate surface area is 99.6 Å². The van der Waals surface area contributed by atoms with E-state index in [1.54, 1.807) is 0 Å². The van der Waals surface area contributed by atoms with Gasteiger partial charge in [0.2, 0.25) is 0 Å². The molecule has 1 aromatic rings. The molecule has 0 aliphatic heterocycles. The Morgan fingerprint density at radius 2 is 2.35 bits per heavy atom. The molecule has 2 N–H and O–H groups in total. The van der Waals surface area contributed by atoms with Gasteiger partial charge < -0.3 is 5.32 Å². The molecule has 17 heavy (non-hydrogen) atoms. The van der Waals surface area contributed by atoms with Crippen molar-refractivity contribution >= 4 is 5.91 Å². The van der Waals surface area contributed by atoms with Gasteiger partial charge in [0.05, 0.1) is 0 Å². The number of rotatable bonds is 3. The van der Waals surface area contributed by atoms with Gasteiger partial charge in [-0.1, -0.05) is 6.42 Å². The number of tetrazole rings is 1. The zero-order chi connectivity index (χ0) is 11.8. The molecule has 1 heterocycles. The molecule has 92 valence electrons. The first-order chi connectivity index (χ1) is 8.24. The Balaban J connectivity index is 1.60. The summed E-state index contributed by atoms with van der Waals surface area (Å²) in [5, 5.41) is 16.0. The summed E-state index contributed by atoms with van der Waals surface area (Å²) < 4.78 is 0. The second-order valence-corrected chi connectivity index (χ2v) is 5.34. The lowest BCUT2D eigenvalue weighted by atomic mass is 9.84. The fourth-order valence-corrected chi connectivity index (χ4v) is 3.54. The third-order valence-corrected chi connectivity index (χ3v) is 4.34. The van der Waals surface area contributed by atoms with E-state index >= 15 is 0 Å². The molecule has 3 rings (SSSR count). The largest absolute Gasteiger partial charge is 0.346 e. The van der Waals surface area contributed by atoms with Gasteiger partial charge in [0.1, 0.15) is 0 Å². The van der Waals surface area contributed by atoms with Crippen molar-refractivity contribution in [2.75, 3.05) is 0 Å². The van der Waals surface area contributed by atoms with Crippen LogP contribution in [-0.2, 0) is 0 Å². The van der Waals surface area contributed by atoms with Crippen LogP contribution in [0.5, 0.6) is 0 Å². The Bertz CT molecular complexity index is 404. The standard InChI is InChI=1S/C11H17N5O/c1-6(9-5-7-2-3-8(9)4-7)12-11(17)10-13-15-16-14-10/h6-9H,2-5H2,1H3,(H,12,17)(H,13,14,15,16). The fourth-order valence-electron chi connectivity index (χ4n) is 3.54. The second-order valence-electron chi connectivity index (χ2n) is 5.34. The molecule has 1 aromatic heterocycles. The molecule has 2 fully saturated rings. The number of hydrogen-bond donors (Lipinski definition) is 2.